The Morgan fingerprint density at radius 1 is 1.00 bits per heavy atom. The van der Waals surface area contributed by atoms with Crippen molar-refractivity contribution < 1.29 is 34.9 Å². The van der Waals surface area contributed by atoms with E-state index >= 15 is 0 Å². The molecule has 0 bridgehead atoms. The standard InChI is InChI=1S/C24H31F3O5SSi/c1-14-10-11-18-20(21(14)32-34(8,9)22(3,4)5)16-12-15(2)19(13-17(16)23(6,7)30-18)31-33(28,29)24(25,26)27/h10-13H,1-9H3. The Bertz CT molecular complexity index is 1240. The van der Waals surface area contributed by atoms with Gasteiger partial charge in [-0.05, 0) is 80.7 Å². The Labute approximate surface area is 200 Å². The summed E-state index contributed by atoms with van der Waals surface area (Å²) < 4.78 is 79.6. The van der Waals surface area contributed by atoms with Gasteiger partial charge in [-0.25, -0.2) is 0 Å². The Kier molecular flexibility index (Phi) is 6.14. The first-order chi connectivity index (χ1) is 15.2. The fourth-order valence-electron chi connectivity index (χ4n) is 3.53. The van der Waals surface area contributed by atoms with Crippen LogP contribution in [0, 0.1) is 13.8 Å². The molecule has 0 saturated heterocycles. The summed E-state index contributed by atoms with van der Waals surface area (Å²) in [6, 6.07) is 6.72. The molecule has 0 aliphatic carbocycles. The van der Waals surface area contributed by atoms with Crippen LogP contribution in [0.2, 0.25) is 18.1 Å². The normalized spacial score (nSPS) is 15.8. The molecule has 0 spiro atoms. The number of aryl methyl sites for hydroxylation is 2. The van der Waals surface area contributed by atoms with E-state index in [-0.39, 0.29) is 10.6 Å². The van der Waals surface area contributed by atoms with Gasteiger partial charge in [-0.3, -0.25) is 0 Å². The van der Waals surface area contributed by atoms with E-state index in [9.17, 15) is 21.6 Å². The number of hydrogen-bond acceptors (Lipinski definition) is 5. The lowest BCUT2D eigenvalue weighted by molar-refractivity contribution is -0.0500. The van der Waals surface area contributed by atoms with Crippen molar-refractivity contribution >= 4 is 18.4 Å². The van der Waals surface area contributed by atoms with Crippen molar-refractivity contribution in [1.82, 2.24) is 0 Å². The molecule has 1 aliphatic heterocycles. The van der Waals surface area contributed by atoms with Gasteiger partial charge in [0.05, 0.1) is 5.56 Å². The second-order valence-corrected chi connectivity index (χ2v) is 17.0. The molecule has 1 aliphatic rings. The van der Waals surface area contributed by atoms with Gasteiger partial charge in [-0.15, -0.1) is 0 Å². The Hall–Kier alpha value is -2.20. The topological polar surface area (TPSA) is 61.8 Å². The van der Waals surface area contributed by atoms with Crippen LogP contribution in [0.4, 0.5) is 13.2 Å². The maximum Gasteiger partial charge on any atom is 0.534 e. The van der Waals surface area contributed by atoms with E-state index in [0.29, 0.717) is 28.2 Å². The van der Waals surface area contributed by atoms with Crippen LogP contribution in [0.3, 0.4) is 0 Å². The number of hydrogen-bond donors (Lipinski definition) is 0. The molecular formula is C24H31F3O5SSi. The van der Waals surface area contributed by atoms with Crippen LogP contribution in [0.25, 0.3) is 11.1 Å². The second kappa shape index (κ2) is 7.91. The molecule has 0 fully saturated rings. The lowest BCUT2D eigenvalue weighted by Crippen LogP contribution is -2.44. The molecule has 0 N–H and O–H groups in total. The molecule has 0 unspecified atom stereocenters. The zero-order chi connectivity index (χ0) is 26.1. The first-order valence-corrected chi connectivity index (χ1v) is 15.2. The number of alkyl halides is 3. The van der Waals surface area contributed by atoms with Gasteiger partial charge in [0, 0.05) is 5.56 Å². The number of rotatable bonds is 4. The lowest BCUT2D eigenvalue weighted by atomic mass is 9.84. The molecule has 10 heteroatoms. The van der Waals surface area contributed by atoms with Crippen molar-refractivity contribution in [3.05, 3.63) is 41.0 Å². The molecule has 0 saturated carbocycles. The van der Waals surface area contributed by atoms with Gasteiger partial charge in [0.15, 0.2) is 0 Å². The summed E-state index contributed by atoms with van der Waals surface area (Å²) in [6.07, 6.45) is 0. The highest BCUT2D eigenvalue weighted by Gasteiger charge is 2.49. The Balaban J connectivity index is 2.25. The lowest BCUT2D eigenvalue weighted by Gasteiger charge is -2.40. The van der Waals surface area contributed by atoms with Crippen LogP contribution < -0.4 is 13.3 Å². The summed E-state index contributed by atoms with van der Waals surface area (Å²) >= 11 is 0. The van der Waals surface area contributed by atoms with Crippen LogP contribution in [0.5, 0.6) is 17.2 Å². The van der Waals surface area contributed by atoms with Gasteiger partial charge >= 0.3 is 15.6 Å². The number of benzene rings is 2. The van der Waals surface area contributed by atoms with E-state index in [0.717, 1.165) is 5.56 Å². The minimum Gasteiger partial charge on any atom is -0.543 e. The van der Waals surface area contributed by atoms with E-state index in [2.05, 4.69) is 38.0 Å². The molecule has 34 heavy (non-hydrogen) atoms. The molecule has 2 aromatic rings. The van der Waals surface area contributed by atoms with Crippen molar-refractivity contribution in [2.24, 2.45) is 0 Å². The summed E-state index contributed by atoms with van der Waals surface area (Å²) in [4.78, 5) is 0. The quantitative estimate of drug-likeness (QED) is 0.244. The van der Waals surface area contributed by atoms with Gasteiger partial charge in [0.1, 0.15) is 22.8 Å². The van der Waals surface area contributed by atoms with E-state index < -0.39 is 35.3 Å². The third-order valence-corrected chi connectivity index (χ3v) is 11.9. The van der Waals surface area contributed by atoms with Crippen LogP contribution in [0.1, 0.15) is 51.3 Å². The zero-order valence-electron chi connectivity index (χ0n) is 20.9. The fourth-order valence-corrected chi connectivity index (χ4v) is 5.12. The molecule has 0 radical (unpaired) electrons. The van der Waals surface area contributed by atoms with Crippen molar-refractivity contribution in [2.75, 3.05) is 0 Å². The van der Waals surface area contributed by atoms with Crippen LogP contribution in [-0.4, -0.2) is 22.2 Å². The van der Waals surface area contributed by atoms with E-state index in [1.165, 1.54) is 13.0 Å². The Morgan fingerprint density at radius 3 is 2.12 bits per heavy atom. The molecule has 3 rings (SSSR count). The molecule has 5 nitrogen and oxygen atoms in total. The monoisotopic (exact) mass is 516 g/mol. The molecular weight excluding hydrogens is 485 g/mol. The van der Waals surface area contributed by atoms with E-state index in [1.807, 2.05) is 19.1 Å². The van der Waals surface area contributed by atoms with E-state index in [4.69, 9.17) is 9.16 Å². The molecule has 2 aromatic carbocycles. The third-order valence-electron chi connectivity index (χ3n) is 6.56. The zero-order valence-corrected chi connectivity index (χ0v) is 22.7. The minimum atomic E-state index is -5.81. The maximum atomic E-state index is 12.9. The van der Waals surface area contributed by atoms with Gasteiger partial charge in [-0.1, -0.05) is 26.8 Å². The summed E-state index contributed by atoms with van der Waals surface area (Å²) in [5.41, 5.74) is -3.44. The van der Waals surface area contributed by atoms with E-state index in [1.54, 1.807) is 19.9 Å². The molecule has 0 amide bonds. The second-order valence-electron chi connectivity index (χ2n) is 10.7. The van der Waals surface area contributed by atoms with Gasteiger partial charge < -0.3 is 13.3 Å². The highest BCUT2D eigenvalue weighted by atomic mass is 32.2. The molecule has 0 aromatic heterocycles. The molecule has 1 heterocycles. The van der Waals surface area contributed by atoms with Crippen LogP contribution >= 0.6 is 0 Å². The van der Waals surface area contributed by atoms with Gasteiger partial charge in [-0.2, -0.15) is 21.6 Å². The van der Waals surface area contributed by atoms with Crippen LogP contribution in [0.15, 0.2) is 24.3 Å². The van der Waals surface area contributed by atoms with Crippen molar-refractivity contribution in [1.29, 1.82) is 0 Å². The molecule has 188 valence electrons. The van der Waals surface area contributed by atoms with Crippen molar-refractivity contribution in [2.45, 2.75) is 77.7 Å². The average molecular weight is 517 g/mol. The highest BCUT2D eigenvalue weighted by molar-refractivity contribution is 7.88. The SMILES string of the molecule is Cc1cc2c(cc1OS(=O)(=O)C(F)(F)F)C(C)(C)Oc1ccc(C)c(O[Si](C)(C)C(C)(C)C)c1-2. The first-order valence-electron chi connectivity index (χ1n) is 10.9. The van der Waals surface area contributed by atoms with Crippen molar-refractivity contribution in [3.8, 4) is 28.4 Å². The largest absolute Gasteiger partial charge is 0.543 e. The average Bonchev–Trinajstić information content (AvgIpc) is 2.63. The first kappa shape index (κ1) is 26.4. The summed E-state index contributed by atoms with van der Waals surface area (Å²) in [5.74, 6) is 0.861. The van der Waals surface area contributed by atoms with Crippen molar-refractivity contribution in [3.63, 3.8) is 0 Å². The summed E-state index contributed by atoms with van der Waals surface area (Å²) in [7, 11) is -8.07. The smallest absolute Gasteiger partial charge is 0.534 e. The number of fused-ring (bicyclic) bond motifs is 3. The Morgan fingerprint density at radius 2 is 1.59 bits per heavy atom. The minimum absolute atomic E-state index is 0.0701. The summed E-state index contributed by atoms with van der Waals surface area (Å²) in [6.45, 7) is 17.6. The predicted molar refractivity (Wildman–Crippen MR) is 128 cm³/mol. The van der Waals surface area contributed by atoms with Crippen LogP contribution in [-0.2, 0) is 15.7 Å². The summed E-state index contributed by atoms with van der Waals surface area (Å²) in [5, 5.41) is -0.0701. The highest BCUT2D eigenvalue weighted by Crippen LogP contribution is 2.53. The van der Waals surface area contributed by atoms with Gasteiger partial charge in [0.25, 0.3) is 8.32 Å². The number of ether oxygens (including phenoxy) is 1. The van der Waals surface area contributed by atoms with Gasteiger partial charge in [0.2, 0.25) is 0 Å². The predicted octanol–water partition coefficient (Wildman–Crippen LogP) is 7.21. The number of halogens is 3. The maximum absolute atomic E-state index is 12.9. The fraction of sp³-hybridized carbons (Fsp3) is 0.500. The molecule has 0 atom stereocenters. The third kappa shape index (κ3) is 4.54.